The lowest BCUT2D eigenvalue weighted by Crippen LogP contribution is -2.11. The Bertz CT molecular complexity index is 23.6. The van der Waals surface area contributed by atoms with Gasteiger partial charge in [0.25, 0.3) is 0 Å². The highest BCUT2D eigenvalue weighted by atomic mass is 79.9. The van der Waals surface area contributed by atoms with Gasteiger partial charge in [0.2, 0.25) is 0 Å². The van der Waals surface area contributed by atoms with Crippen LogP contribution in [0, 0.1) is 0 Å². The molecule has 0 spiro atoms. The summed E-state index contributed by atoms with van der Waals surface area (Å²) in [5.41, 5.74) is 0. The van der Waals surface area contributed by atoms with Gasteiger partial charge in [-0.3, -0.25) is 0 Å². The van der Waals surface area contributed by atoms with E-state index in [-0.39, 0.29) is 5.23 Å². The van der Waals surface area contributed by atoms with Crippen molar-refractivity contribution in [1.29, 1.82) is 0 Å². The van der Waals surface area contributed by atoms with Gasteiger partial charge in [0.1, 0.15) is 0 Å². The van der Waals surface area contributed by atoms with Crippen LogP contribution >= 0.6 is 15.9 Å². The van der Waals surface area contributed by atoms with Crippen LogP contribution in [0.4, 0.5) is 0 Å². The molecular formula is CH4BBrO2. The van der Waals surface area contributed by atoms with E-state index in [9.17, 15) is 0 Å². The lowest BCUT2D eigenvalue weighted by molar-refractivity contribution is 0.416. The van der Waals surface area contributed by atoms with Gasteiger partial charge in [0.15, 0.2) is 0 Å². The van der Waals surface area contributed by atoms with E-state index in [0.717, 1.165) is 0 Å². The van der Waals surface area contributed by atoms with Gasteiger partial charge in [-0.1, -0.05) is 15.9 Å². The minimum absolute atomic E-state index is 0.229. The van der Waals surface area contributed by atoms with Crippen molar-refractivity contribution in [3.63, 3.8) is 0 Å². The summed E-state index contributed by atoms with van der Waals surface area (Å²) in [6.45, 7) is 0. The van der Waals surface area contributed by atoms with E-state index in [0.29, 0.717) is 0 Å². The second kappa shape index (κ2) is 2.69. The molecule has 2 nitrogen and oxygen atoms in total. The molecule has 4 heteroatoms. The molecule has 0 atom stereocenters. The summed E-state index contributed by atoms with van der Waals surface area (Å²) in [4.78, 5) is 0. The van der Waals surface area contributed by atoms with Crippen molar-refractivity contribution in [2.45, 2.75) is 0 Å². The van der Waals surface area contributed by atoms with Gasteiger partial charge in [-0.25, -0.2) is 0 Å². The molecule has 0 amide bonds. The molecule has 0 radical (unpaired) electrons. The molecule has 0 aromatic heterocycles. The first-order valence-electron chi connectivity index (χ1n) is 1.19. The summed E-state index contributed by atoms with van der Waals surface area (Å²) in [6, 6.07) is 0. The second-order valence-electron chi connectivity index (χ2n) is 0.635. The van der Waals surface area contributed by atoms with Gasteiger partial charge < -0.3 is 10.0 Å². The first-order valence-corrected chi connectivity index (χ1v) is 2.31. The molecule has 0 saturated heterocycles. The zero-order chi connectivity index (χ0) is 4.28. The van der Waals surface area contributed by atoms with Crippen molar-refractivity contribution in [3.05, 3.63) is 0 Å². The van der Waals surface area contributed by atoms with Crippen LogP contribution in [0.5, 0.6) is 0 Å². The summed E-state index contributed by atoms with van der Waals surface area (Å²) >= 11 is 2.81. The van der Waals surface area contributed by atoms with E-state index in [1.807, 2.05) is 0 Å². The molecule has 0 heterocycles. The minimum Gasteiger partial charge on any atom is -0.427 e. The van der Waals surface area contributed by atoms with Crippen LogP contribution in [0.3, 0.4) is 0 Å². The summed E-state index contributed by atoms with van der Waals surface area (Å²) in [7, 11) is -1.20. The topological polar surface area (TPSA) is 40.5 Å². The standard InChI is InChI=1S/CH4BBrO2/c3-1-2(4)5/h4-5H,1H2. The Hall–Kier alpha value is 0.465. The molecule has 0 unspecified atom stereocenters. The monoisotopic (exact) mass is 138 g/mol. The maximum absolute atomic E-state index is 7.87. The fraction of sp³-hybridized carbons (Fsp3) is 1.00. The molecule has 0 rings (SSSR count). The Labute approximate surface area is 39.1 Å². The van der Waals surface area contributed by atoms with Crippen molar-refractivity contribution in [3.8, 4) is 0 Å². The first-order chi connectivity index (χ1) is 2.27. The highest BCUT2D eigenvalue weighted by Crippen LogP contribution is 1.76. The first kappa shape index (κ1) is 5.46. The van der Waals surface area contributed by atoms with Gasteiger partial charge in [-0.2, -0.15) is 0 Å². The lowest BCUT2D eigenvalue weighted by Gasteiger charge is -1.80. The Balaban J connectivity index is 2.54. The Morgan fingerprint density at radius 2 is 1.80 bits per heavy atom. The molecule has 0 aliphatic heterocycles. The van der Waals surface area contributed by atoms with Crippen molar-refractivity contribution < 1.29 is 10.0 Å². The van der Waals surface area contributed by atoms with E-state index in [1.54, 1.807) is 0 Å². The van der Waals surface area contributed by atoms with Crippen LogP contribution in [0.15, 0.2) is 0 Å². The Morgan fingerprint density at radius 1 is 1.60 bits per heavy atom. The van der Waals surface area contributed by atoms with E-state index >= 15 is 0 Å². The molecular weight excluding hydrogens is 135 g/mol. The number of hydrogen-bond donors (Lipinski definition) is 2. The molecule has 30 valence electrons. The molecule has 0 aliphatic carbocycles. The summed E-state index contributed by atoms with van der Waals surface area (Å²) in [6.07, 6.45) is 0. The third-order valence-corrected chi connectivity index (χ3v) is 0.717. The Morgan fingerprint density at radius 3 is 1.80 bits per heavy atom. The maximum Gasteiger partial charge on any atom is 0.462 e. The van der Waals surface area contributed by atoms with Gasteiger partial charge in [0.05, 0.1) is 0 Å². The average molecular weight is 139 g/mol. The maximum atomic E-state index is 7.87. The predicted molar refractivity (Wildman–Crippen MR) is 24.0 cm³/mol. The quantitative estimate of drug-likeness (QED) is 0.375. The van der Waals surface area contributed by atoms with Crippen molar-refractivity contribution >= 4 is 23.0 Å². The van der Waals surface area contributed by atoms with E-state index in [4.69, 9.17) is 10.0 Å². The highest BCUT2D eigenvalue weighted by molar-refractivity contribution is 9.09. The molecule has 0 aliphatic rings. The second-order valence-corrected chi connectivity index (χ2v) is 1.28. The van der Waals surface area contributed by atoms with Crippen LogP contribution in [0.1, 0.15) is 0 Å². The molecule has 0 bridgehead atoms. The molecule has 0 aromatic rings. The lowest BCUT2D eigenvalue weighted by atomic mass is 9.98. The predicted octanol–water partition coefficient (Wildman–Crippen LogP) is -0.607. The molecule has 0 aromatic carbocycles. The number of halogens is 1. The van der Waals surface area contributed by atoms with Crippen molar-refractivity contribution in [1.82, 2.24) is 0 Å². The van der Waals surface area contributed by atoms with E-state index < -0.39 is 7.12 Å². The molecule has 0 saturated carbocycles. The van der Waals surface area contributed by atoms with Gasteiger partial charge >= 0.3 is 7.12 Å². The van der Waals surface area contributed by atoms with Crippen LogP contribution < -0.4 is 0 Å². The van der Waals surface area contributed by atoms with Crippen molar-refractivity contribution in [2.24, 2.45) is 0 Å². The Kier molecular flexibility index (Phi) is 2.94. The number of alkyl halides is 1. The highest BCUT2D eigenvalue weighted by Gasteiger charge is 1.98. The average Bonchev–Trinajstić information content (AvgIpc) is 1.38. The summed E-state index contributed by atoms with van der Waals surface area (Å²) in [5, 5.41) is 16.0. The minimum atomic E-state index is -1.20. The number of rotatable bonds is 1. The van der Waals surface area contributed by atoms with Crippen LogP contribution in [0.25, 0.3) is 0 Å². The fourth-order valence-electron chi connectivity index (χ4n) is 0. The normalized spacial score (nSPS) is 7.80. The third kappa shape index (κ3) is 4.46. The largest absolute Gasteiger partial charge is 0.462 e. The van der Waals surface area contributed by atoms with E-state index in [1.165, 1.54) is 0 Å². The van der Waals surface area contributed by atoms with Gasteiger partial charge in [-0.05, 0) is 0 Å². The smallest absolute Gasteiger partial charge is 0.427 e. The van der Waals surface area contributed by atoms with E-state index in [2.05, 4.69) is 15.9 Å². The molecule has 2 N–H and O–H groups in total. The number of hydrogen-bond acceptors (Lipinski definition) is 2. The summed E-state index contributed by atoms with van der Waals surface area (Å²) < 4.78 is 0. The third-order valence-electron chi connectivity index (χ3n) is 0.138. The zero-order valence-electron chi connectivity index (χ0n) is 2.56. The van der Waals surface area contributed by atoms with Gasteiger partial charge in [0, 0.05) is 5.23 Å². The fourth-order valence-corrected chi connectivity index (χ4v) is 0. The van der Waals surface area contributed by atoms with Gasteiger partial charge in [-0.15, -0.1) is 0 Å². The summed E-state index contributed by atoms with van der Waals surface area (Å²) in [5.74, 6) is 0. The SMILES string of the molecule is OB(O)CBr. The zero-order valence-corrected chi connectivity index (χ0v) is 4.14. The van der Waals surface area contributed by atoms with Crippen LogP contribution in [0.2, 0.25) is 0 Å². The van der Waals surface area contributed by atoms with Crippen LogP contribution in [-0.4, -0.2) is 22.4 Å². The molecule has 5 heavy (non-hydrogen) atoms. The van der Waals surface area contributed by atoms with Crippen LogP contribution in [-0.2, 0) is 0 Å². The van der Waals surface area contributed by atoms with Crippen molar-refractivity contribution in [2.75, 3.05) is 5.23 Å². The molecule has 0 fully saturated rings.